The lowest BCUT2D eigenvalue weighted by atomic mass is 10.0. The second-order valence-corrected chi connectivity index (χ2v) is 10.3. The summed E-state index contributed by atoms with van der Waals surface area (Å²) >= 11 is 0. The van der Waals surface area contributed by atoms with Crippen LogP contribution in [-0.2, 0) is 4.74 Å². The van der Waals surface area contributed by atoms with Crippen LogP contribution in [0.15, 0.2) is 78.9 Å². The highest BCUT2D eigenvalue weighted by Crippen LogP contribution is 2.39. The van der Waals surface area contributed by atoms with Gasteiger partial charge in [-0.1, -0.05) is 60.7 Å². The predicted molar refractivity (Wildman–Crippen MR) is 147 cm³/mol. The highest BCUT2D eigenvalue weighted by atomic mass is 16.6. The number of anilines is 1. The van der Waals surface area contributed by atoms with E-state index in [-0.39, 0.29) is 12.0 Å². The number of fused-ring (bicyclic) bond motifs is 1. The van der Waals surface area contributed by atoms with Crippen LogP contribution in [0.25, 0.3) is 11.1 Å². The number of amides is 2. The van der Waals surface area contributed by atoms with E-state index in [4.69, 9.17) is 4.74 Å². The predicted octanol–water partition coefficient (Wildman–Crippen LogP) is 5.20. The highest BCUT2D eigenvalue weighted by molar-refractivity contribution is 5.94. The molecule has 7 heteroatoms. The van der Waals surface area contributed by atoms with Gasteiger partial charge in [-0.25, -0.2) is 4.79 Å². The Morgan fingerprint density at radius 2 is 1.61 bits per heavy atom. The Labute approximate surface area is 223 Å². The normalized spacial score (nSPS) is 20.5. The summed E-state index contributed by atoms with van der Waals surface area (Å²) in [6.07, 6.45) is 2.03. The minimum Gasteiger partial charge on any atom is -0.446 e. The molecule has 3 aromatic carbocycles. The van der Waals surface area contributed by atoms with Gasteiger partial charge in [0.1, 0.15) is 12.4 Å². The monoisotopic (exact) mass is 511 g/mol. The molecule has 196 valence electrons. The number of hydrogen-bond donors (Lipinski definition) is 1. The van der Waals surface area contributed by atoms with E-state index < -0.39 is 6.09 Å². The molecule has 1 N–H and O–H groups in total. The summed E-state index contributed by atoms with van der Waals surface area (Å²) in [6, 6.07) is 24.5. The number of aldehydes is 1. The number of likely N-dealkylation sites (tertiary alicyclic amines) is 1. The van der Waals surface area contributed by atoms with Crippen LogP contribution in [0.2, 0.25) is 0 Å². The van der Waals surface area contributed by atoms with Crippen LogP contribution in [0, 0.1) is 11.8 Å². The lowest BCUT2D eigenvalue weighted by molar-refractivity contribution is 0.0778. The maximum absolute atomic E-state index is 12.7. The molecule has 0 radical (unpaired) electrons. The molecular formula is C31H33N3O4. The SMILES string of the molecule is CN(CCN1C[C@H]2CC(OC(=O)Nc3ccccc3-c3ccccc3)C[C@H]2C1)C(=O)c1ccc(C=O)cc1. The number of benzene rings is 3. The Hall–Kier alpha value is -3.97. The molecule has 7 nitrogen and oxygen atoms in total. The molecule has 1 aliphatic carbocycles. The third-order valence-corrected chi connectivity index (χ3v) is 7.70. The average molecular weight is 512 g/mol. The first-order valence-corrected chi connectivity index (χ1v) is 13.2. The van der Waals surface area contributed by atoms with Crippen molar-refractivity contribution in [3.63, 3.8) is 0 Å². The Morgan fingerprint density at radius 3 is 2.29 bits per heavy atom. The van der Waals surface area contributed by atoms with Crippen molar-refractivity contribution >= 4 is 24.0 Å². The average Bonchev–Trinajstić information content (AvgIpc) is 3.50. The lowest BCUT2D eigenvalue weighted by Crippen LogP contribution is -2.36. The van der Waals surface area contributed by atoms with E-state index in [9.17, 15) is 14.4 Å². The van der Waals surface area contributed by atoms with Gasteiger partial charge in [-0.2, -0.15) is 0 Å². The van der Waals surface area contributed by atoms with Gasteiger partial charge in [0, 0.05) is 49.9 Å². The summed E-state index contributed by atoms with van der Waals surface area (Å²) < 4.78 is 5.83. The molecular weight excluding hydrogens is 478 g/mol. The van der Waals surface area contributed by atoms with Crippen molar-refractivity contribution in [2.45, 2.75) is 18.9 Å². The summed E-state index contributed by atoms with van der Waals surface area (Å²) in [5.74, 6) is 0.956. The van der Waals surface area contributed by atoms with Crippen LogP contribution < -0.4 is 5.32 Å². The van der Waals surface area contributed by atoms with Crippen molar-refractivity contribution in [2.24, 2.45) is 11.8 Å². The zero-order chi connectivity index (χ0) is 26.5. The van der Waals surface area contributed by atoms with Gasteiger partial charge in [0.15, 0.2) is 0 Å². The molecule has 1 unspecified atom stereocenters. The largest absolute Gasteiger partial charge is 0.446 e. The van der Waals surface area contributed by atoms with Crippen LogP contribution in [0.5, 0.6) is 0 Å². The second-order valence-electron chi connectivity index (χ2n) is 10.3. The van der Waals surface area contributed by atoms with E-state index in [0.29, 0.717) is 29.5 Å². The highest BCUT2D eigenvalue weighted by Gasteiger charge is 2.42. The molecule has 1 saturated heterocycles. The standard InChI is InChI=1S/C31H33N3O4/c1-33(30(36)24-13-11-22(21-35)12-14-24)15-16-34-19-25-17-27(18-26(25)20-34)38-31(37)32-29-10-6-5-9-28(29)23-7-3-2-4-8-23/h2-14,21,25-27H,15-20H2,1H3,(H,32,37)/t25-,26+,27?. The zero-order valence-electron chi connectivity index (χ0n) is 21.6. The van der Waals surface area contributed by atoms with Crippen LogP contribution in [0.4, 0.5) is 10.5 Å². The van der Waals surface area contributed by atoms with E-state index in [0.717, 1.165) is 55.6 Å². The van der Waals surface area contributed by atoms with Crippen molar-refractivity contribution in [3.05, 3.63) is 90.0 Å². The molecule has 5 rings (SSSR count). The summed E-state index contributed by atoms with van der Waals surface area (Å²) in [4.78, 5) is 40.4. The summed E-state index contributed by atoms with van der Waals surface area (Å²) in [7, 11) is 1.81. The number of hydrogen-bond acceptors (Lipinski definition) is 5. The second kappa shape index (κ2) is 11.6. The van der Waals surface area contributed by atoms with E-state index in [1.807, 2.05) is 61.6 Å². The molecule has 3 aromatic rings. The van der Waals surface area contributed by atoms with Crippen molar-refractivity contribution in [2.75, 3.05) is 38.5 Å². The van der Waals surface area contributed by atoms with Gasteiger partial charge in [0.05, 0.1) is 5.69 Å². The van der Waals surface area contributed by atoms with Crippen LogP contribution in [0.3, 0.4) is 0 Å². The van der Waals surface area contributed by atoms with Gasteiger partial charge in [-0.15, -0.1) is 0 Å². The first kappa shape index (κ1) is 25.7. The Balaban J connectivity index is 1.07. The summed E-state index contributed by atoms with van der Waals surface area (Å²) in [5.41, 5.74) is 3.89. The number of nitrogens with zero attached hydrogens (tertiary/aromatic N) is 2. The third kappa shape index (κ3) is 5.94. The number of rotatable bonds is 8. The number of likely N-dealkylation sites (N-methyl/N-ethyl adjacent to an activating group) is 1. The number of ether oxygens (including phenoxy) is 1. The van der Waals surface area contributed by atoms with Crippen molar-refractivity contribution < 1.29 is 19.1 Å². The molecule has 1 heterocycles. The van der Waals surface area contributed by atoms with E-state index in [2.05, 4.69) is 10.2 Å². The van der Waals surface area contributed by atoms with Crippen LogP contribution in [-0.4, -0.2) is 67.4 Å². The summed E-state index contributed by atoms with van der Waals surface area (Å²) in [6.45, 7) is 3.36. The number of carbonyl (C=O) groups excluding carboxylic acids is 3. The number of para-hydroxylation sites is 1. The van der Waals surface area contributed by atoms with Gasteiger partial charge < -0.3 is 14.5 Å². The van der Waals surface area contributed by atoms with Crippen molar-refractivity contribution in [1.29, 1.82) is 0 Å². The Kier molecular flexibility index (Phi) is 7.84. The van der Waals surface area contributed by atoms with Gasteiger partial charge in [0.25, 0.3) is 5.91 Å². The molecule has 0 spiro atoms. The van der Waals surface area contributed by atoms with E-state index in [1.165, 1.54) is 0 Å². The molecule has 38 heavy (non-hydrogen) atoms. The smallest absolute Gasteiger partial charge is 0.411 e. The molecule has 0 aromatic heterocycles. The van der Waals surface area contributed by atoms with E-state index >= 15 is 0 Å². The molecule has 2 fully saturated rings. The maximum atomic E-state index is 12.7. The topological polar surface area (TPSA) is 79.0 Å². The van der Waals surface area contributed by atoms with Gasteiger partial charge in [-0.3, -0.25) is 14.9 Å². The van der Waals surface area contributed by atoms with Crippen LogP contribution in [0.1, 0.15) is 33.6 Å². The summed E-state index contributed by atoms with van der Waals surface area (Å²) in [5, 5.41) is 2.95. The molecule has 3 atom stereocenters. The molecule has 1 saturated carbocycles. The quantitative estimate of drug-likeness (QED) is 0.421. The Bertz CT molecular complexity index is 1260. The van der Waals surface area contributed by atoms with Gasteiger partial charge in [-0.05, 0) is 48.4 Å². The zero-order valence-corrected chi connectivity index (χ0v) is 21.6. The Morgan fingerprint density at radius 1 is 0.947 bits per heavy atom. The number of carbonyl (C=O) groups is 3. The van der Waals surface area contributed by atoms with Crippen molar-refractivity contribution in [1.82, 2.24) is 9.80 Å². The van der Waals surface area contributed by atoms with Gasteiger partial charge >= 0.3 is 6.09 Å². The fraction of sp³-hybridized carbons (Fsp3) is 0.323. The fourth-order valence-electron chi connectivity index (χ4n) is 5.69. The van der Waals surface area contributed by atoms with Crippen LogP contribution >= 0.6 is 0 Å². The van der Waals surface area contributed by atoms with Gasteiger partial charge in [0.2, 0.25) is 0 Å². The molecule has 2 aliphatic rings. The van der Waals surface area contributed by atoms with Crippen molar-refractivity contribution in [3.8, 4) is 11.1 Å². The lowest BCUT2D eigenvalue weighted by Gasteiger charge is -2.23. The fourth-order valence-corrected chi connectivity index (χ4v) is 5.69. The molecule has 2 amide bonds. The third-order valence-electron chi connectivity index (χ3n) is 7.70. The maximum Gasteiger partial charge on any atom is 0.411 e. The minimum atomic E-state index is -0.406. The molecule has 0 bridgehead atoms. The minimum absolute atomic E-state index is 0.0462. The first-order valence-electron chi connectivity index (χ1n) is 13.2. The van der Waals surface area contributed by atoms with E-state index in [1.54, 1.807) is 29.2 Å². The first-order chi connectivity index (χ1) is 18.5. The number of nitrogens with one attached hydrogen (secondary N) is 1. The molecule has 1 aliphatic heterocycles.